The molecule has 2 N–H and O–H groups in total. The summed E-state index contributed by atoms with van der Waals surface area (Å²) in [7, 11) is 4.15. The van der Waals surface area contributed by atoms with Gasteiger partial charge in [0.05, 0.1) is 23.3 Å². The normalized spacial score (nSPS) is 19.1. The molecule has 0 atom stereocenters. The summed E-state index contributed by atoms with van der Waals surface area (Å²) in [6, 6.07) is 5.82. The highest BCUT2D eigenvalue weighted by Gasteiger charge is 2.45. The van der Waals surface area contributed by atoms with Crippen LogP contribution in [-0.4, -0.2) is 67.1 Å². The third-order valence-electron chi connectivity index (χ3n) is 6.48. The number of rotatable bonds is 2. The summed E-state index contributed by atoms with van der Waals surface area (Å²) < 4.78 is 2.00. The molecule has 1 fully saturated rings. The van der Waals surface area contributed by atoms with E-state index >= 15 is 0 Å². The molecule has 2 aliphatic heterocycles. The number of H-pyrrole nitrogens is 2. The molecule has 5 rings (SSSR count). The Labute approximate surface area is 163 Å². The van der Waals surface area contributed by atoms with Gasteiger partial charge in [-0.1, -0.05) is 0 Å². The summed E-state index contributed by atoms with van der Waals surface area (Å²) in [6.45, 7) is 2.45. The summed E-state index contributed by atoms with van der Waals surface area (Å²) in [5.41, 5.74) is 4.68. The van der Waals surface area contributed by atoms with Crippen LogP contribution in [0, 0.1) is 0 Å². The van der Waals surface area contributed by atoms with Crippen molar-refractivity contribution in [1.82, 2.24) is 34.5 Å². The van der Waals surface area contributed by atoms with Crippen LogP contribution in [0.25, 0.3) is 11.4 Å². The molecule has 2 aliphatic rings. The molecule has 1 spiro atoms. The molecule has 8 heteroatoms. The van der Waals surface area contributed by atoms with Crippen LogP contribution in [0.2, 0.25) is 0 Å². The van der Waals surface area contributed by atoms with E-state index in [9.17, 15) is 4.79 Å². The summed E-state index contributed by atoms with van der Waals surface area (Å²) in [6.07, 6.45) is 6.57. The second-order valence-corrected chi connectivity index (χ2v) is 7.90. The van der Waals surface area contributed by atoms with Crippen LogP contribution in [0.1, 0.15) is 34.7 Å². The first kappa shape index (κ1) is 17.2. The number of carbonyl (C=O) groups excluding carboxylic acids is 1. The monoisotopic (exact) mass is 379 g/mol. The van der Waals surface area contributed by atoms with Gasteiger partial charge >= 0.3 is 0 Å². The predicted molar refractivity (Wildman–Crippen MR) is 105 cm³/mol. The number of amides is 1. The number of aromatic amines is 2. The van der Waals surface area contributed by atoms with Crippen LogP contribution in [0.5, 0.6) is 0 Å². The van der Waals surface area contributed by atoms with Crippen molar-refractivity contribution in [2.75, 3.05) is 26.7 Å². The SMILES string of the molecule is CN1CCc2[nH]cnc2C12CCN(C(=O)c1cc(-c3cccn3C)n[nH]1)CC2. The van der Waals surface area contributed by atoms with Gasteiger partial charge in [0.25, 0.3) is 5.91 Å². The Morgan fingerprint density at radius 2 is 2.04 bits per heavy atom. The van der Waals surface area contributed by atoms with Crippen molar-refractivity contribution in [3.8, 4) is 11.4 Å². The van der Waals surface area contributed by atoms with Gasteiger partial charge in [0.15, 0.2) is 0 Å². The van der Waals surface area contributed by atoms with Crippen LogP contribution >= 0.6 is 0 Å². The van der Waals surface area contributed by atoms with Crippen LogP contribution in [0.15, 0.2) is 30.7 Å². The first-order valence-corrected chi connectivity index (χ1v) is 9.79. The van der Waals surface area contributed by atoms with Crippen molar-refractivity contribution in [1.29, 1.82) is 0 Å². The third-order valence-corrected chi connectivity index (χ3v) is 6.48. The lowest BCUT2D eigenvalue weighted by atomic mass is 9.79. The van der Waals surface area contributed by atoms with Gasteiger partial charge in [-0.25, -0.2) is 4.98 Å². The van der Waals surface area contributed by atoms with E-state index in [1.807, 2.05) is 40.9 Å². The molecule has 3 aromatic rings. The van der Waals surface area contributed by atoms with E-state index in [-0.39, 0.29) is 11.4 Å². The van der Waals surface area contributed by atoms with Gasteiger partial charge < -0.3 is 14.5 Å². The maximum atomic E-state index is 13.0. The molecule has 8 nitrogen and oxygen atoms in total. The molecule has 0 aliphatic carbocycles. The van der Waals surface area contributed by atoms with Crippen molar-refractivity contribution < 1.29 is 4.79 Å². The van der Waals surface area contributed by atoms with Crippen molar-refractivity contribution in [2.24, 2.45) is 7.05 Å². The van der Waals surface area contributed by atoms with Gasteiger partial charge in [0.1, 0.15) is 11.4 Å². The molecule has 146 valence electrons. The summed E-state index contributed by atoms with van der Waals surface area (Å²) in [5.74, 6) is 0.0172. The number of nitrogens with zero attached hydrogens (tertiary/aromatic N) is 5. The van der Waals surface area contributed by atoms with Gasteiger partial charge in [0, 0.05) is 45.0 Å². The Hall–Kier alpha value is -2.87. The number of carbonyl (C=O) groups is 1. The minimum Gasteiger partial charge on any atom is -0.349 e. The van der Waals surface area contributed by atoms with Gasteiger partial charge in [0.2, 0.25) is 0 Å². The zero-order chi connectivity index (χ0) is 19.3. The number of hydrogen-bond acceptors (Lipinski definition) is 4. The summed E-state index contributed by atoms with van der Waals surface area (Å²) in [5, 5.41) is 7.27. The fourth-order valence-corrected chi connectivity index (χ4v) is 4.75. The zero-order valence-electron chi connectivity index (χ0n) is 16.3. The predicted octanol–water partition coefficient (Wildman–Crippen LogP) is 1.76. The lowest BCUT2D eigenvalue weighted by molar-refractivity contribution is 0.0223. The van der Waals surface area contributed by atoms with Crippen molar-refractivity contribution in [3.05, 3.63) is 47.8 Å². The quantitative estimate of drug-likeness (QED) is 0.710. The molecular weight excluding hydrogens is 354 g/mol. The average Bonchev–Trinajstić information content (AvgIpc) is 3.45. The Bertz CT molecular complexity index is 1010. The van der Waals surface area contributed by atoms with E-state index in [0.717, 1.165) is 37.2 Å². The molecule has 28 heavy (non-hydrogen) atoms. The number of imidazole rings is 1. The van der Waals surface area contributed by atoms with E-state index in [1.165, 1.54) is 11.4 Å². The van der Waals surface area contributed by atoms with Gasteiger partial charge in [-0.2, -0.15) is 5.10 Å². The summed E-state index contributed by atoms with van der Waals surface area (Å²) >= 11 is 0. The number of aryl methyl sites for hydroxylation is 1. The highest BCUT2D eigenvalue weighted by molar-refractivity contribution is 5.93. The lowest BCUT2D eigenvalue weighted by Gasteiger charge is -2.49. The number of nitrogens with one attached hydrogen (secondary N) is 2. The van der Waals surface area contributed by atoms with E-state index in [1.54, 1.807) is 6.33 Å². The number of likely N-dealkylation sites (tertiary alicyclic amines) is 1. The Morgan fingerprint density at radius 3 is 2.79 bits per heavy atom. The number of piperidine rings is 1. The largest absolute Gasteiger partial charge is 0.349 e. The topological polar surface area (TPSA) is 85.8 Å². The maximum absolute atomic E-state index is 13.0. The van der Waals surface area contributed by atoms with Crippen molar-refractivity contribution in [2.45, 2.75) is 24.8 Å². The van der Waals surface area contributed by atoms with Gasteiger partial charge in [-0.3, -0.25) is 14.8 Å². The Balaban J connectivity index is 1.33. The number of likely N-dealkylation sites (N-methyl/N-ethyl adjacent to an activating group) is 1. The molecule has 1 saturated heterocycles. The third kappa shape index (κ3) is 2.51. The molecule has 3 aromatic heterocycles. The average molecular weight is 379 g/mol. The zero-order valence-corrected chi connectivity index (χ0v) is 16.3. The molecule has 0 aromatic carbocycles. The van der Waals surface area contributed by atoms with Crippen LogP contribution in [-0.2, 0) is 19.0 Å². The Morgan fingerprint density at radius 1 is 1.21 bits per heavy atom. The second kappa shape index (κ2) is 6.34. The van der Waals surface area contributed by atoms with E-state index in [0.29, 0.717) is 18.8 Å². The van der Waals surface area contributed by atoms with Gasteiger partial charge in [-0.15, -0.1) is 0 Å². The smallest absolute Gasteiger partial charge is 0.271 e. The molecule has 0 radical (unpaired) electrons. The molecule has 1 amide bonds. The van der Waals surface area contributed by atoms with E-state index in [4.69, 9.17) is 0 Å². The van der Waals surface area contributed by atoms with Crippen LogP contribution < -0.4 is 0 Å². The molecule has 0 unspecified atom stereocenters. The van der Waals surface area contributed by atoms with E-state index in [2.05, 4.69) is 32.1 Å². The van der Waals surface area contributed by atoms with Crippen molar-refractivity contribution in [3.63, 3.8) is 0 Å². The standard InChI is InChI=1S/C20H25N7O/c1-25-8-3-4-17(25)15-12-16(24-23-15)19(28)27-10-6-20(7-11-27)18-14(21-13-22-18)5-9-26(20)2/h3-4,8,12-13H,5-7,9-11H2,1-2H3,(H,21,22)(H,23,24). The van der Waals surface area contributed by atoms with Crippen LogP contribution in [0.3, 0.4) is 0 Å². The fourth-order valence-electron chi connectivity index (χ4n) is 4.75. The van der Waals surface area contributed by atoms with Crippen LogP contribution in [0.4, 0.5) is 0 Å². The summed E-state index contributed by atoms with van der Waals surface area (Å²) in [4.78, 5) is 25.3. The highest BCUT2D eigenvalue weighted by Crippen LogP contribution is 2.41. The highest BCUT2D eigenvalue weighted by atomic mass is 16.2. The lowest BCUT2D eigenvalue weighted by Crippen LogP contribution is -2.55. The number of aromatic nitrogens is 5. The maximum Gasteiger partial charge on any atom is 0.271 e. The van der Waals surface area contributed by atoms with Gasteiger partial charge in [-0.05, 0) is 38.1 Å². The second-order valence-electron chi connectivity index (χ2n) is 7.90. The number of hydrogen-bond donors (Lipinski definition) is 2. The minimum atomic E-state index is -0.0629. The molecule has 0 bridgehead atoms. The first-order valence-electron chi connectivity index (χ1n) is 9.79. The molecular formula is C20H25N7O. The fraction of sp³-hybridized carbons (Fsp3) is 0.450. The first-order chi connectivity index (χ1) is 13.6. The van der Waals surface area contributed by atoms with E-state index < -0.39 is 0 Å². The molecule has 0 saturated carbocycles. The Kier molecular flexibility index (Phi) is 3.90. The number of fused-ring (bicyclic) bond motifs is 2. The minimum absolute atomic E-state index is 0.0172. The van der Waals surface area contributed by atoms with Crippen molar-refractivity contribution >= 4 is 5.91 Å². The molecule has 5 heterocycles.